The van der Waals surface area contributed by atoms with E-state index >= 15 is 0 Å². The molecule has 2 heterocycles. The van der Waals surface area contributed by atoms with E-state index in [4.69, 9.17) is 4.74 Å². The summed E-state index contributed by atoms with van der Waals surface area (Å²) in [4.78, 5) is 41.1. The molecule has 1 aliphatic heterocycles. The first-order chi connectivity index (χ1) is 15.3. The summed E-state index contributed by atoms with van der Waals surface area (Å²) < 4.78 is 7.52. The van der Waals surface area contributed by atoms with Gasteiger partial charge >= 0.3 is 0 Å². The van der Waals surface area contributed by atoms with Crippen LogP contribution < -0.4 is 10.2 Å². The molecule has 166 valence electrons. The Morgan fingerprint density at radius 2 is 1.88 bits per heavy atom. The molecule has 0 saturated carbocycles. The van der Waals surface area contributed by atoms with E-state index in [1.165, 1.54) is 0 Å². The van der Waals surface area contributed by atoms with Crippen LogP contribution in [0.5, 0.6) is 5.75 Å². The number of carbonyl (C=O) groups excluding carboxylic acids is 2. The van der Waals surface area contributed by atoms with Crippen molar-refractivity contribution in [3.05, 3.63) is 76.1 Å². The van der Waals surface area contributed by atoms with Crippen molar-refractivity contribution in [3.63, 3.8) is 0 Å². The topological polar surface area (TPSA) is 68.6 Å². The predicted molar refractivity (Wildman–Crippen MR) is 124 cm³/mol. The first-order valence-electron chi connectivity index (χ1n) is 11.0. The Bertz CT molecular complexity index is 1230. The normalized spacial score (nSPS) is 16.4. The van der Waals surface area contributed by atoms with Crippen molar-refractivity contribution in [3.8, 4) is 5.75 Å². The molecule has 1 amide bonds. The van der Waals surface area contributed by atoms with Crippen LogP contribution in [0.25, 0.3) is 10.9 Å². The number of benzene rings is 2. The largest absolute Gasteiger partial charge is 0.491 e. The Kier molecular flexibility index (Phi) is 6.12. The molecule has 1 aliphatic rings. The van der Waals surface area contributed by atoms with Gasteiger partial charge in [0.2, 0.25) is 5.43 Å². The van der Waals surface area contributed by atoms with Crippen molar-refractivity contribution < 1.29 is 14.3 Å². The number of aromatic nitrogens is 1. The number of pyridine rings is 1. The van der Waals surface area contributed by atoms with Crippen LogP contribution in [0.15, 0.2) is 59.5 Å². The second-order valence-corrected chi connectivity index (χ2v) is 8.65. The van der Waals surface area contributed by atoms with Crippen molar-refractivity contribution in [1.82, 2.24) is 9.47 Å². The zero-order valence-corrected chi connectivity index (χ0v) is 18.7. The Morgan fingerprint density at radius 1 is 1.09 bits per heavy atom. The molecule has 2 aromatic carbocycles. The molecule has 6 heteroatoms. The number of carbonyl (C=O) groups is 2. The van der Waals surface area contributed by atoms with Gasteiger partial charge in [0.25, 0.3) is 5.91 Å². The third-order valence-corrected chi connectivity index (χ3v) is 5.90. The van der Waals surface area contributed by atoms with E-state index in [1.807, 2.05) is 45.2 Å². The first kappa shape index (κ1) is 21.8. The quantitative estimate of drug-likeness (QED) is 0.570. The van der Waals surface area contributed by atoms with Crippen LogP contribution in [-0.2, 0) is 7.05 Å². The molecular formula is C26H28N2O4. The number of hydrogen-bond donors (Lipinski definition) is 0. The smallest absolute Gasteiger partial charge is 0.259 e. The van der Waals surface area contributed by atoms with Crippen molar-refractivity contribution in [2.24, 2.45) is 13.0 Å². The number of hydrogen-bond acceptors (Lipinski definition) is 4. The van der Waals surface area contributed by atoms with Gasteiger partial charge in [-0.15, -0.1) is 0 Å². The van der Waals surface area contributed by atoms with Gasteiger partial charge in [-0.25, -0.2) is 0 Å². The Labute approximate surface area is 187 Å². The molecule has 0 spiro atoms. The van der Waals surface area contributed by atoms with Gasteiger partial charge < -0.3 is 14.2 Å². The number of nitrogens with zero attached hydrogens (tertiary/aromatic N) is 2. The highest BCUT2D eigenvalue weighted by Gasteiger charge is 2.31. The number of ether oxygens (including phenoxy) is 1. The van der Waals surface area contributed by atoms with Gasteiger partial charge in [-0.05, 0) is 51.0 Å². The lowest BCUT2D eigenvalue weighted by molar-refractivity contribution is 0.0635. The number of likely N-dealkylation sites (tertiary alicyclic amines) is 1. The van der Waals surface area contributed by atoms with Gasteiger partial charge in [0.05, 0.1) is 11.6 Å². The lowest BCUT2D eigenvalue weighted by Crippen LogP contribution is -2.43. The molecule has 1 saturated heterocycles. The number of amides is 1. The molecule has 0 N–H and O–H groups in total. The minimum atomic E-state index is -0.314. The molecule has 0 radical (unpaired) electrons. The van der Waals surface area contributed by atoms with E-state index < -0.39 is 0 Å². The molecule has 0 aliphatic carbocycles. The molecule has 6 nitrogen and oxygen atoms in total. The average molecular weight is 433 g/mol. The predicted octanol–water partition coefficient (Wildman–Crippen LogP) is 4.06. The molecule has 0 unspecified atom stereocenters. The van der Waals surface area contributed by atoms with E-state index in [0.29, 0.717) is 36.2 Å². The lowest BCUT2D eigenvalue weighted by atomic mass is 9.89. The van der Waals surface area contributed by atoms with Crippen LogP contribution in [0.1, 0.15) is 47.4 Å². The van der Waals surface area contributed by atoms with Crippen molar-refractivity contribution in [2.45, 2.75) is 32.8 Å². The third-order valence-electron chi connectivity index (χ3n) is 5.90. The number of rotatable bonds is 5. The molecule has 0 bridgehead atoms. The summed E-state index contributed by atoms with van der Waals surface area (Å²) >= 11 is 0. The van der Waals surface area contributed by atoms with E-state index in [-0.39, 0.29) is 34.7 Å². The number of ketones is 1. The number of Topliss-reactive ketones (excluding diaryl/α,β-unsaturated/α-hetero) is 1. The molecule has 3 aromatic rings. The van der Waals surface area contributed by atoms with E-state index in [2.05, 4.69) is 0 Å². The van der Waals surface area contributed by atoms with Gasteiger partial charge in [0.1, 0.15) is 11.3 Å². The van der Waals surface area contributed by atoms with Crippen LogP contribution in [-0.4, -0.2) is 40.4 Å². The fraction of sp³-hybridized carbons (Fsp3) is 0.346. The Morgan fingerprint density at radius 3 is 2.66 bits per heavy atom. The second kappa shape index (κ2) is 8.99. The first-order valence-corrected chi connectivity index (χ1v) is 11.0. The Balaban J connectivity index is 1.56. The highest BCUT2D eigenvalue weighted by atomic mass is 16.5. The van der Waals surface area contributed by atoms with Gasteiger partial charge in [0, 0.05) is 43.2 Å². The van der Waals surface area contributed by atoms with Crippen molar-refractivity contribution >= 4 is 22.6 Å². The van der Waals surface area contributed by atoms with Gasteiger partial charge in [-0.1, -0.05) is 24.3 Å². The maximum absolute atomic E-state index is 13.3. The number of para-hydroxylation sites is 1. The maximum Gasteiger partial charge on any atom is 0.259 e. The second-order valence-electron chi connectivity index (χ2n) is 8.65. The monoisotopic (exact) mass is 432 g/mol. The summed E-state index contributed by atoms with van der Waals surface area (Å²) in [6.45, 7) is 4.73. The van der Waals surface area contributed by atoms with Gasteiger partial charge in [-0.2, -0.15) is 0 Å². The third kappa shape index (κ3) is 4.31. The molecule has 1 fully saturated rings. The average Bonchev–Trinajstić information content (AvgIpc) is 2.80. The van der Waals surface area contributed by atoms with Gasteiger partial charge in [0.15, 0.2) is 5.78 Å². The minimum Gasteiger partial charge on any atom is -0.491 e. The van der Waals surface area contributed by atoms with Crippen LogP contribution in [0.4, 0.5) is 0 Å². The minimum absolute atomic E-state index is 0.00289. The van der Waals surface area contributed by atoms with Gasteiger partial charge in [-0.3, -0.25) is 14.4 Å². The van der Waals surface area contributed by atoms with E-state index in [9.17, 15) is 14.4 Å². The van der Waals surface area contributed by atoms with Crippen LogP contribution >= 0.6 is 0 Å². The summed E-state index contributed by atoms with van der Waals surface area (Å²) in [6.07, 6.45) is 3.06. The zero-order valence-electron chi connectivity index (χ0n) is 18.7. The number of piperidine rings is 1. The molecule has 32 heavy (non-hydrogen) atoms. The van der Waals surface area contributed by atoms with E-state index in [0.717, 1.165) is 11.9 Å². The summed E-state index contributed by atoms with van der Waals surface area (Å²) in [5, 5.41) is 0.521. The summed E-state index contributed by atoms with van der Waals surface area (Å²) in [6, 6.07) is 14.5. The molecule has 1 aromatic heterocycles. The SMILES string of the molecule is CC(C)Oc1cccc(C(=O)[C@@H]2CCCN(C(=O)c3cn(C)c4ccccc4c3=O)C2)c1. The fourth-order valence-corrected chi connectivity index (χ4v) is 4.37. The Hall–Kier alpha value is -3.41. The van der Waals surface area contributed by atoms with Crippen molar-refractivity contribution in [2.75, 3.05) is 13.1 Å². The molecular weight excluding hydrogens is 404 g/mol. The highest BCUT2D eigenvalue weighted by molar-refractivity contribution is 6.00. The van der Waals surface area contributed by atoms with Crippen molar-refractivity contribution in [1.29, 1.82) is 0 Å². The fourth-order valence-electron chi connectivity index (χ4n) is 4.37. The standard InChI is InChI=1S/C26H28N2O4/c1-17(2)32-20-10-6-8-18(14-20)24(29)19-9-7-13-28(15-19)26(31)22-16-27(3)23-12-5-4-11-21(23)25(22)30/h4-6,8,10-12,14,16-17,19H,7,9,13,15H2,1-3H3/t19-/m1/s1. The number of fused-ring (bicyclic) bond motifs is 1. The highest BCUT2D eigenvalue weighted by Crippen LogP contribution is 2.24. The van der Waals surface area contributed by atoms with Crippen LogP contribution in [0.2, 0.25) is 0 Å². The summed E-state index contributed by atoms with van der Waals surface area (Å²) in [5.41, 5.74) is 1.25. The summed E-state index contributed by atoms with van der Waals surface area (Å²) in [7, 11) is 1.83. The molecule has 1 atom stereocenters. The van der Waals surface area contributed by atoms with Crippen LogP contribution in [0, 0.1) is 5.92 Å². The zero-order chi connectivity index (χ0) is 22.8. The lowest BCUT2D eigenvalue weighted by Gasteiger charge is -2.32. The van der Waals surface area contributed by atoms with E-state index in [1.54, 1.807) is 39.9 Å². The summed E-state index contributed by atoms with van der Waals surface area (Å²) in [5.74, 6) is 0.0504. The maximum atomic E-state index is 13.3. The number of aryl methyl sites for hydroxylation is 1. The molecule has 4 rings (SSSR count). The van der Waals surface area contributed by atoms with Crippen LogP contribution in [0.3, 0.4) is 0 Å².